The fourth-order valence-corrected chi connectivity index (χ4v) is 3.45. The molecule has 5 heteroatoms. The first-order valence-corrected chi connectivity index (χ1v) is 8.46. The van der Waals surface area contributed by atoms with Crippen molar-refractivity contribution >= 4 is 23.9 Å². The topological polar surface area (TPSA) is 32.7 Å². The van der Waals surface area contributed by atoms with Gasteiger partial charge in [0.1, 0.15) is 6.67 Å². The van der Waals surface area contributed by atoms with Crippen molar-refractivity contribution < 1.29 is 9.18 Å². The molecule has 2 atom stereocenters. The molecule has 1 aliphatic rings. The summed E-state index contributed by atoms with van der Waals surface area (Å²) in [6, 6.07) is 8.48. The number of nitrogens with zero attached hydrogens (tertiary/aromatic N) is 2. The van der Waals surface area contributed by atoms with Crippen LogP contribution >= 0.6 is 11.8 Å². The predicted molar refractivity (Wildman–Crippen MR) is 91.0 cm³/mol. The molecule has 0 radical (unpaired) electrons. The molecule has 2 rings (SSSR count). The van der Waals surface area contributed by atoms with Crippen molar-refractivity contribution in [2.45, 2.75) is 37.2 Å². The van der Waals surface area contributed by atoms with E-state index >= 15 is 0 Å². The lowest BCUT2D eigenvalue weighted by Gasteiger charge is -2.27. The predicted octanol–water partition coefficient (Wildman–Crippen LogP) is 3.63. The number of amides is 1. The maximum absolute atomic E-state index is 13.1. The number of carbonyl (C=O) groups excluding carboxylic acids is 1. The second kappa shape index (κ2) is 6.82. The first-order valence-electron chi connectivity index (χ1n) is 7.41. The number of halogens is 1. The lowest BCUT2D eigenvalue weighted by Crippen LogP contribution is -2.41. The molecular weight excluding hydrogens is 299 g/mol. The molecule has 0 aliphatic carbocycles. The van der Waals surface area contributed by atoms with Crippen molar-refractivity contribution in [3.05, 3.63) is 35.4 Å². The van der Waals surface area contributed by atoms with Crippen LogP contribution in [0.25, 0.3) is 0 Å². The Bertz CT molecular complexity index is 551. The van der Waals surface area contributed by atoms with Crippen LogP contribution in [0.2, 0.25) is 0 Å². The number of hydrazone groups is 1. The summed E-state index contributed by atoms with van der Waals surface area (Å²) < 4.78 is 13.1. The van der Waals surface area contributed by atoms with E-state index in [0.717, 1.165) is 5.75 Å². The zero-order valence-electron chi connectivity index (χ0n) is 13.5. The molecular formula is C17H23FN2OS. The minimum Gasteiger partial charge on any atom is -0.272 e. The molecule has 0 N–H and O–H groups in total. The molecule has 0 saturated heterocycles. The van der Waals surface area contributed by atoms with E-state index in [-0.39, 0.29) is 16.6 Å². The van der Waals surface area contributed by atoms with Crippen LogP contribution in [-0.4, -0.2) is 36.1 Å². The van der Waals surface area contributed by atoms with Crippen LogP contribution in [0, 0.1) is 5.92 Å². The summed E-state index contributed by atoms with van der Waals surface area (Å²) in [5.41, 5.74) is 2.60. The molecule has 0 bridgehead atoms. The van der Waals surface area contributed by atoms with Crippen LogP contribution in [0.3, 0.4) is 0 Å². The molecule has 120 valence electrons. The number of rotatable bonds is 4. The highest BCUT2D eigenvalue weighted by molar-refractivity contribution is 7.99. The van der Waals surface area contributed by atoms with Gasteiger partial charge in [-0.25, -0.2) is 5.01 Å². The van der Waals surface area contributed by atoms with Crippen LogP contribution in [0.4, 0.5) is 4.39 Å². The van der Waals surface area contributed by atoms with E-state index in [1.165, 1.54) is 16.1 Å². The van der Waals surface area contributed by atoms with E-state index in [1.54, 1.807) is 25.0 Å². The van der Waals surface area contributed by atoms with Gasteiger partial charge < -0.3 is 0 Å². The summed E-state index contributed by atoms with van der Waals surface area (Å²) in [5, 5.41) is 5.04. The Morgan fingerprint density at radius 2 is 1.91 bits per heavy atom. The summed E-state index contributed by atoms with van der Waals surface area (Å²) in [6.45, 7) is 5.91. The number of thioether (sulfide) groups is 1. The summed E-state index contributed by atoms with van der Waals surface area (Å²) in [7, 11) is 1.56. The highest BCUT2D eigenvalue weighted by atomic mass is 32.2. The van der Waals surface area contributed by atoms with Crippen LogP contribution < -0.4 is 0 Å². The lowest BCUT2D eigenvalue weighted by molar-refractivity contribution is -0.134. The van der Waals surface area contributed by atoms with Gasteiger partial charge in [-0.15, -0.1) is 11.8 Å². The Hall–Kier alpha value is -1.36. The zero-order valence-corrected chi connectivity index (χ0v) is 14.4. The third kappa shape index (κ3) is 3.88. The molecule has 0 fully saturated rings. The normalized spacial score (nSPS) is 22.2. The van der Waals surface area contributed by atoms with E-state index < -0.39 is 12.6 Å². The number of hydrogen-bond acceptors (Lipinski definition) is 3. The highest BCUT2D eigenvalue weighted by Crippen LogP contribution is 2.28. The summed E-state index contributed by atoms with van der Waals surface area (Å²) in [5.74, 6) is -0.124. The van der Waals surface area contributed by atoms with Crippen molar-refractivity contribution in [2.75, 3.05) is 13.7 Å². The standard InChI is InChI=1S/C17H23FN2OS/c1-17(2,3)13-7-5-12(6-8-13)11-22-15-10-19-20(4)16(21)14(15)9-18/h5-8,10,14-15H,9,11H2,1-4H3. The number of alkyl halides is 1. The third-order valence-electron chi connectivity index (χ3n) is 3.85. The number of carbonyl (C=O) groups is 1. The minimum atomic E-state index is -0.643. The molecule has 3 nitrogen and oxygen atoms in total. The van der Waals surface area contributed by atoms with Gasteiger partial charge in [-0.05, 0) is 16.5 Å². The van der Waals surface area contributed by atoms with Crippen molar-refractivity contribution in [2.24, 2.45) is 11.0 Å². The summed E-state index contributed by atoms with van der Waals surface area (Å²) >= 11 is 1.57. The molecule has 1 heterocycles. The van der Waals surface area contributed by atoms with Gasteiger partial charge in [-0.3, -0.25) is 9.18 Å². The van der Waals surface area contributed by atoms with Gasteiger partial charge in [0.2, 0.25) is 5.91 Å². The van der Waals surface area contributed by atoms with Gasteiger partial charge in [0, 0.05) is 19.0 Å². The molecule has 1 aromatic carbocycles. The largest absolute Gasteiger partial charge is 0.272 e. The van der Waals surface area contributed by atoms with E-state index in [9.17, 15) is 9.18 Å². The zero-order chi connectivity index (χ0) is 16.3. The van der Waals surface area contributed by atoms with Crippen LogP contribution in [-0.2, 0) is 16.0 Å². The van der Waals surface area contributed by atoms with Crippen molar-refractivity contribution in [3.8, 4) is 0 Å². The molecule has 1 aromatic rings. The number of hydrogen-bond donors (Lipinski definition) is 0. The lowest BCUT2D eigenvalue weighted by atomic mass is 9.87. The Kier molecular flexibility index (Phi) is 5.27. The van der Waals surface area contributed by atoms with Crippen LogP contribution in [0.1, 0.15) is 31.9 Å². The monoisotopic (exact) mass is 322 g/mol. The Labute approximate surface area is 136 Å². The smallest absolute Gasteiger partial charge is 0.249 e. The quantitative estimate of drug-likeness (QED) is 0.848. The van der Waals surface area contributed by atoms with Gasteiger partial charge in [0.25, 0.3) is 0 Å². The molecule has 2 unspecified atom stereocenters. The first-order chi connectivity index (χ1) is 10.3. The maximum atomic E-state index is 13.1. The molecule has 0 spiro atoms. The van der Waals surface area contributed by atoms with Crippen LogP contribution in [0.5, 0.6) is 0 Å². The molecule has 22 heavy (non-hydrogen) atoms. The van der Waals surface area contributed by atoms with E-state index in [1.807, 2.05) is 0 Å². The molecule has 0 aromatic heterocycles. The average Bonchev–Trinajstić information content (AvgIpc) is 2.48. The summed E-state index contributed by atoms with van der Waals surface area (Å²) in [4.78, 5) is 11.9. The van der Waals surface area contributed by atoms with E-state index in [4.69, 9.17) is 0 Å². The SMILES string of the molecule is CN1N=CC(SCc2ccc(C(C)(C)C)cc2)C(CF)C1=O. The second-order valence-electron chi connectivity index (χ2n) is 6.61. The van der Waals surface area contributed by atoms with Gasteiger partial charge in [0.05, 0.1) is 11.2 Å². The number of benzene rings is 1. The molecule has 1 amide bonds. The average molecular weight is 322 g/mol. The second-order valence-corrected chi connectivity index (χ2v) is 7.78. The fourth-order valence-electron chi connectivity index (χ4n) is 2.31. The van der Waals surface area contributed by atoms with Gasteiger partial charge in [-0.2, -0.15) is 5.10 Å². The minimum absolute atomic E-state index is 0.137. The van der Waals surface area contributed by atoms with Crippen molar-refractivity contribution in [1.29, 1.82) is 0 Å². The van der Waals surface area contributed by atoms with Gasteiger partial charge in [0.15, 0.2) is 0 Å². The van der Waals surface area contributed by atoms with Crippen molar-refractivity contribution in [3.63, 3.8) is 0 Å². The highest BCUT2D eigenvalue weighted by Gasteiger charge is 2.33. The molecule has 0 saturated carbocycles. The van der Waals surface area contributed by atoms with Crippen LogP contribution in [0.15, 0.2) is 29.4 Å². The summed E-state index contributed by atoms with van der Waals surface area (Å²) in [6.07, 6.45) is 1.68. The Balaban J connectivity index is 2.00. The first kappa shape index (κ1) is 17.0. The van der Waals surface area contributed by atoms with E-state index in [0.29, 0.717) is 0 Å². The van der Waals surface area contributed by atoms with Gasteiger partial charge >= 0.3 is 0 Å². The van der Waals surface area contributed by atoms with Crippen molar-refractivity contribution in [1.82, 2.24) is 5.01 Å². The fraction of sp³-hybridized carbons (Fsp3) is 0.529. The van der Waals surface area contributed by atoms with E-state index in [2.05, 4.69) is 50.1 Å². The maximum Gasteiger partial charge on any atom is 0.249 e. The Morgan fingerprint density at radius 3 is 2.45 bits per heavy atom. The third-order valence-corrected chi connectivity index (χ3v) is 5.18. The van der Waals surface area contributed by atoms with Gasteiger partial charge in [-0.1, -0.05) is 45.0 Å². The molecule has 1 aliphatic heterocycles. The Morgan fingerprint density at radius 1 is 1.27 bits per heavy atom.